The van der Waals surface area contributed by atoms with Gasteiger partial charge in [0.15, 0.2) is 0 Å². The van der Waals surface area contributed by atoms with Crippen LogP contribution in [0, 0.1) is 24.7 Å². The second kappa shape index (κ2) is 7.88. The van der Waals surface area contributed by atoms with Crippen LogP contribution < -0.4 is 0 Å². The Balaban J connectivity index is 1.51. The number of rotatable bonds is 4. The Labute approximate surface area is 184 Å². The van der Waals surface area contributed by atoms with E-state index in [1.54, 1.807) is 0 Å². The minimum absolute atomic E-state index is 0.0484. The van der Waals surface area contributed by atoms with E-state index >= 15 is 0 Å². The Morgan fingerprint density at radius 3 is 2.35 bits per heavy atom. The Morgan fingerprint density at radius 1 is 1.16 bits per heavy atom. The van der Waals surface area contributed by atoms with Crippen molar-refractivity contribution in [3.05, 3.63) is 35.5 Å². The maximum Gasteiger partial charge on any atom is 0.410 e. The summed E-state index contributed by atoms with van der Waals surface area (Å²) < 4.78 is 7.92. The van der Waals surface area contributed by atoms with Gasteiger partial charge in [0.1, 0.15) is 5.60 Å². The third kappa shape index (κ3) is 4.17. The highest BCUT2D eigenvalue weighted by Crippen LogP contribution is 2.47. The van der Waals surface area contributed by atoms with Gasteiger partial charge in [0.05, 0.1) is 6.42 Å². The van der Waals surface area contributed by atoms with Crippen molar-refractivity contribution < 1.29 is 19.4 Å². The molecular weight excluding hydrogens is 392 g/mol. The molecule has 2 heterocycles. The molecule has 4 rings (SSSR count). The monoisotopic (exact) mass is 426 g/mol. The first-order valence-corrected chi connectivity index (χ1v) is 11.3. The third-order valence-corrected chi connectivity index (χ3v) is 7.14. The van der Waals surface area contributed by atoms with Crippen LogP contribution in [0.2, 0.25) is 0 Å². The molecule has 1 aliphatic heterocycles. The van der Waals surface area contributed by atoms with Crippen LogP contribution in [0.25, 0.3) is 10.9 Å². The summed E-state index contributed by atoms with van der Waals surface area (Å²) in [4.78, 5) is 25.8. The first kappa shape index (κ1) is 21.7. The van der Waals surface area contributed by atoms with Gasteiger partial charge in [-0.3, -0.25) is 4.79 Å². The van der Waals surface area contributed by atoms with Crippen molar-refractivity contribution in [2.24, 2.45) is 17.8 Å². The quantitative estimate of drug-likeness (QED) is 0.744. The van der Waals surface area contributed by atoms with Crippen LogP contribution in [0.5, 0.6) is 0 Å². The van der Waals surface area contributed by atoms with Gasteiger partial charge in [-0.2, -0.15) is 0 Å². The van der Waals surface area contributed by atoms with Gasteiger partial charge in [-0.15, -0.1) is 0 Å². The van der Waals surface area contributed by atoms with Gasteiger partial charge >= 0.3 is 12.1 Å². The number of amides is 1. The summed E-state index contributed by atoms with van der Waals surface area (Å²) in [7, 11) is 0. The molecule has 31 heavy (non-hydrogen) atoms. The number of carboxylic acid groups (broad SMARTS) is 1. The smallest absolute Gasteiger partial charge is 0.410 e. The van der Waals surface area contributed by atoms with Crippen molar-refractivity contribution in [1.82, 2.24) is 9.47 Å². The summed E-state index contributed by atoms with van der Waals surface area (Å²) in [5, 5.41) is 10.5. The van der Waals surface area contributed by atoms with Crippen molar-refractivity contribution in [2.75, 3.05) is 13.1 Å². The molecule has 1 aliphatic carbocycles. The fraction of sp³-hybridized carbons (Fsp3) is 0.600. The maximum absolute atomic E-state index is 12.5. The second-order valence-corrected chi connectivity index (χ2v) is 10.4. The number of carboxylic acids is 1. The van der Waals surface area contributed by atoms with Gasteiger partial charge in [0.25, 0.3) is 0 Å². The molecule has 3 unspecified atom stereocenters. The lowest BCUT2D eigenvalue weighted by Gasteiger charge is -2.27. The van der Waals surface area contributed by atoms with Crippen LogP contribution in [-0.4, -0.2) is 45.3 Å². The topological polar surface area (TPSA) is 71.8 Å². The van der Waals surface area contributed by atoms with Gasteiger partial charge in [-0.25, -0.2) is 4.79 Å². The molecule has 2 aromatic rings. The summed E-state index contributed by atoms with van der Waals surface area (Å²) in [5.74, 6) is 0.750. The Morgan fingerprint density at radius 2 is 1.77 bits per heavy atom. The van der Waals surface area contributed by atoms with Crippen LogP contribution in [-0.2, 0) is 16.0 Å². The highest BCUT2D eigenvalue weighted by atomic mass is 16.6. The summed E-state index contributed by atoms with van der Waals surface area (Å²) in [6.07, 6.45) is 2.03. The predicted octanol–water partition coefficient (Wildman–Crippen LogP) is 5.03. The maximum atomic E-state index is 12.5. The Bertz CT molecular complexity index is 989. The SMILES string of the molecule is Cc1c(CC(=O)O)c2ccccc2n1C(C)C1CC2CN(C(=O)OC(C)(C)C)CC2C1. The highest BCUT2D eigenvalue weighted by molar-refractivity contribution is 5.89. The predicted molar refractivity (Wildman–Crippen MR) is 120 cm³/mol. The van der Waals surface area contributed by atoms with Crippen molar-refractivity contribution in [1.29, 1.82) is 0 Å². The van der Waals surface area contributed by atoms with E-state index in [-0.39, 0.29) is 18.6 Å². The zero-order valence-electron chi connectivity index (χ0n) is 19.2. The van der Waals surface area contributed by atoms with E-state index in [9.17, 15) is 14.7 Å². The van der Waals surface area contributed by atoms with Gasteiger partial charge in [-0.05, 0) is 76.8 Å². The first-order chi connectivity index (χ1) is 14.5. The van der Waals surface area contributed by atoms with Gasteiger partial charge in [0, 0.05) is 35.7 Å². The second-order valence-electron chi connectivity index (χ2n) is 10.4. The normalized spacial score (nSPS) is 24.4. The molecule has 1 N–H and O–H groups in total. The van der Waals surface area contributed by atoms with E-state index in [1.165, 1.54) is 0 Å². The van der Waals surface area contributed by atoms with Gasteiger partial charge in [-0.1, -0.05) is 18.2 Å². The van der Waals surface area contributed by atoms with Crippen LogP contribution in [0.3, 0.4) is 0 Å². The number of carbonyl (C=O) groups excluding carboxylic acids is 1. The summed E-state index contributed by atoms with van der Waals surface area (Å²) in [6, 6.07) is 8.43. The third-order valence-electron chi connectivity index (χ3n) is 7.14. The number of carbonyl (C=O) groups is 2. The number of fused-ring (bicyclic) bond motifs is 2. The van der Waals surface area contributed by atoms with Crippen LogP contribution in [0.15, 0.2) is 24.3 Å². The Hall–Kier alpha value is -2.50. The Kier molecular flexibility index (Phi) is 5.52. The van der Waals surface area contributed by atoms with Gasteiger partial charge < -0.3 is 19.3 Å². The molecule has 6 nitrogen and oxygen atoms in total. The molecule has 1 amide bonds. The zero-order valence-corrected chi connectivity index (χ0v) is 19.2. The van der Waals surface area contributed by atoms with E-state index in [0.717, 1.165) is 48.1 Å². The molecule has 1 saturated carbocycles. The van der Waals surface area contributed by atoms with Crippen LogP contribution >= 0.6 is 0 Å². The van der Waals surface area contributed by atoms with Gasteiger partial charge in [0.2, 0.25) is 0 Å². The van der Waals surface area contributed by atoms with E-state index < -0.39 is 11.6 Å². The van der Waals surface area contributed by atoms with Crippen LogP contribution in [0.1, 0.15) is 57.8 Å². The molecule has 1 aromatic heterocycles. The fourth-order valence-corrected chi connectivity index (χ4v) is 5.79. The number of ether oxygens (including phenoxy) is 1. The number of aromatic nitrogens is 1. The van der Waals surface area contributed by atoms with Crippen molar-refractivity contribution in [3.63, 3.8) is 0 Å². The van der Waals surface area contributed by atoms with Crippen LogP contribution in [0.4, 0.5) is 4.79 Å². The molecule has 168 valence electrons. The fourth-order valence-electron chi connectivity index (χ4n) is 5.79. The largest absolute Gasteiger partial charge is 0.481 e. The molecule has 0 spiro atoms. The van der Waals surface area contributed by atoms with E-state index in [2.05, 4.69) is 24.5 Å². The number of benzene rings is 1. The lowest BCUT2D eigenvalue weighted by Crippen LogP contribution is -2.36. The number of hydrogen-bond acceptors (Lipinski definition) is 3. The standard InChI is InChI=1S/C25H34N2O4/c1-15(27-16(2)21(12-23(28)29)20-8-6-7-9-22(20)27)17-10-18-13-26(14-19(18)11-17)24(30)31-25(3,4)5/h6-9,15,17-19H,10-14H2,1-5H3,(H,28,29). The molecule has 1 saturated heterocycles. The summed E-state index contributed by atoms with van der Waals surface area (Å²) in [5.41, 5.74) is 2.64. The molecular formula is C25H34N2O4. The highest BCUT2D eigenvalue weighted by Gasteiger charge is 2.45. The number of aliphatic carboxylic acids is 1. The van der Waals surface area contributed by atoms with Crippen molar-refractivity contribution in [3.8, 4) is 0 Å². The number of likely N-dealkylation sites (tertiary alicyclic amines) is 1. The molecule has 3 atom stereocenters. The van der Waals surface area contributed by atoms with E-state index in [4.69, 9.17) is 4.74 Å². The molecule has 6 heteroatoms. The van der Waals surface area contributed by atoms with Crippen molar-refractivity contribution >= 4 is 23.0 Å². The summed E-state index contributed by atoms with van der Waals surface area (Å²) in [6.45, 7) is 11.6. The van der Waals surface area contributed by atoms with E-state index in [0.29, 0.717) is 17.8 Å². The molecule has 1 aromatic carbocycles. The number of nitrogens with zero attached hydrogens (tertiary/aromatic N) is 2. The molecule has 2 fully saturated rings. The van der Waals surface area contributed by atoms with E-state index in [1.807, 2.05) is 43.9 Å². The lowest BCUT2D eigenvalue weighted by molar-refractivity contribution is -0.136. The average Bonchev–Trinajstić information content (AvgIpc) is 3.31. The van der Waals surface area contributed by atoms with Crippen molar-refractivity contribution in [2.45, 2.75) is 65.5 Å². The molecule has 0 bridgehead atoms. The summed E-state index contributed by atoms with van der Waals surface area (Å²) >= 11 is 0. The number of para-hydroxylation sites is 1. The molecule has 0 radical (unpaired) electrons. The minimum atomic E-state index is -0.795. The minimum Gasteiger partial charge on any atom is -0.481 e. The lowest BCUT2D eigenvalue weighted by atomic mass is 9.97. The first-order valence-electron chi connectivity index (χ1n) is 11.3. The number of hydrogen-bond donors (Lipinski definition) is 1. The zero-order chi connectivity index (χ0) is 22.5. The average molecular weight is 427 g/mol. The molecule has 2 aliphatic rings.